The smallest absolute Gasteiger partial charge is 0.335 e. The number of nitrogens with zero attached hydrogens (tertiary/aromatic N) is 3. The van der Waals surface area contributed by atoms with Crippen LogP contribution in [0.2, 0.25) is 0 Å². The maximum atomic E-state index is 13.6. The fourth-order valence-corrected chi connectivity index (χ4v) is 4.09. The van der Waals surface area contributed by atoms with Gasteiger partial charge in [0, 0.05) is 36.5 Å². The Kier molecular flexibility index (Phi) is 4.83. The second-order valence-corrected chi connectivity index (χ2v) is 7.74. The van der Waals surface area contributed by atoms with E-state index in [1.807, 2.05) is 23.1 Å². The molecule has 1 aliphatic rings. The number of pyridine rings is 1. The lowest BCUT2D eigenvalue weighted by molar-refractivity contribution is 0.0697. The number of hydrogen-bond acceptors (Lipinski definition) is 5. The van der Waals surface area contributed by atoms with Gasteiger partial charge in [-0.05, 0) is 42.3 Å². The third kappa shape index (κ3) is 3.46. The second kappa shape index (κ2) is 7.82. The summed E-state index contributed by atoms with van der Waals surface area (Å²) in [6, 6.07) is 17.8. The summed E-state index contributed by atoms with van der Waals surface area (Å²) in [5.74, 6) is -0.419. The lowest BCUT2D eigenvalue weighted by Crippen LogP contribution is -2.20. The van der Waals surface area contributed by atoms with Crippen LogP contribution >= 0.6 is 0 Å². The first kappa shape index (κ1) is 19.8. The maximum absolute atomic E-state index is 13.6. The van der Waals surface area contributed by atoms with Gasteiger partial charge in [0.2, 0.25) is 0 Å². The zero-order valence-corrected chi connectivity index (χ0v) is 17.0. The molecule has 3 heterocycles. The number of carboxylic acids is 1. The van der Waals surface area contributed by atoms with Crippen LogP contribution in [-0.2, 0) is 0 Å². The van der Waals surface area contributed by atoms with E-state index < -0.39 is 12.1 Å². The van der Waals surface area contributed by atoms with Gasteiger partial charge in [0.05, 0.1) is 16.8 Å². The number of fused-ring (bicyclic) bond motifs is 1. The number of aromatic carboxylic acids is 1. The number of carbonyl (C=O) groups is 1. The minimum absolute atomic E-state index is 0.199. The Balaban J connectivity index is 1.55. The van der Waals surface area contributed by atoms with Crippen LogP contribution in [0.1, 0.15) is 22.3 Å². The standard InChI is InChI=1S/C25H18FN3O3/c26-19-8-10-29(14-19)22-6-5-17(11-18(22)13-27)20-7-9-28-21-12-23(32-24(20)21)15-1-3-16(4-2-15)25(30)31/h1-7,9,11-12,19H,8,10,14H2,(H,30,31). The molecule has 1 aliphatic heterocycles. The molecule has 0 spiro atoms. The van der Waals surface area contributed by atoms with Crippen molar-refractivity contribution < 1.29 is 18.7 Å². The number of halogens is 1. The molecule has 0 amide bonds. The monoisotopic (exact) mass is 427 g/mol. The first-order chi connectivity index (χ1) is 15.5. The van der Waals surface area contributed by atoms with Crippen LogP contribution in [0, 0.1) is 11.3 Å². The third-order valence-electron chi connectivity index (χ3n) is 5.73. The quantitative estimate of drug-likeness (QED) is 0.477. The first-order valence-corrected chi connectivity index (χ1v) is 10.2. The molecule has 1 atom stereocenters. The summed E-state index contributed by atoms with van der Waals surface area (Å²) in [6.07, 6.45) is 1.28. The number of aromatic nitrogens is 1. The van der Waals surface area contributed by atoms with Crippen LogP contribution in [0.4, 0.5) is 10.1 Å². The first-order valence-electron chi connectivity index (χ1n) is 10.2. The number of anilines is 1. The number of benzene rings is 2. The van der Waals surface area contributed by atoms with Crippen molar-refractivity contribution in [3.05, 3.63) is 71.9 Å². The third-order valence-corrected chi connectivity index (χ3v) is 5.73. The molecule has 1 unspecified atom stereocenters. The van der Waals surface area contributed by atoms with Gasteiger partial charge in [-0.15, -0.1) is 0 Å². The SMILES string of the molecule is N#Cc1cc(-c2ccnc3cc(-c4ccc(C(=O)O)cc4)oc23)ccc1N1CCC(F)C1. The van der Waals surface area contributed by atoms with Crippen LogP contribution in [-0.4, -0.2) is 35.3 Å². The summed E-state index contributed by atoms with van der Waals surface area (Å²) >= 11 is 0. The highest BCUT2D eigenvalue weighted by atomic mass is 19.1. The van der Waals surface area contributed by atoms with Gasteiger partial charge < -0.3 is 14.4 Å². The molecule has 5 rings (SSSR count). The van der Waals surface area contributed by atoms with E-state index in [9.17, 15) is 14.4 Å². The number of nitriles is 1. The van der Waals surface area contributed by atoms with Gasteiger partial charge in [-0.25, -0.2) is 9.18 Å². The number of carboxylic acid groups (broad SMARTS) is 1. The van der Waals surface area contributed by atoms with Crippen molar-refractivity contribution in [3.8, 4) is 28.5 Å². The molecule has 0 radical (unpaired) electrons. The summed E-state index contributed by atoms with van der Waals surface area (Å²) in [5, 5.41) is 18.8. The molecule has 0 bridgehead atoms. The zero-order valence-electron chi connectivity index (χ0n) is 17.0. The second-order valence-electron chi connectivity index (χ2n) is 7.74. The largest absolute Gasteiger partial charge is 0.478 e. The summed E-state index contributed by atoms with van der Waals surface area (Å²) in [7, 11) is 0. The Bertz CT molecular complexity index is 1370. The van der Waals surface area contributed by atoms with Crippen molar-refractivity contribution in [2.24, 2.45) is 0 Å². The molecular weight excluding hydrogens is 409 g/mol. The van der Waals surface area contributed by atoms with E-state index in [4.69, 9.17) is 9.52 Å². The van der Waals surface area contributed by atoms with E-state index >= 15 is 0 Å². The zero-order chi connectivity index (χ0) is 22.2. The molecule has 1 saturated heterocycles. The van der Waals surface area contributed by atoms with Crippen LogP contribution in [0.25, 0.3) is 33.6 Å². The van der Waals surface area contributed by atoms with Gasteiger partial charge in [0.1, 0.15) is 23.5 Å². The Hall–Kier alpha value is -4.18. The van der Waals surface area contributed by atoms with Crippen molar-refractivity contribution in [1.82, 2.24) is 4.98 Å². The van der Waals surface area contributed by atoms with Crippen LogP contribution in [0.15, 0.2) is 65.2 Å². The molecule has 6 nitrogen and oxygen atoms in total. The molecule has 4 aromatic rings. The Labute approximate surface area is 183 Å². The predicted octanol–water partition coefficient (Wildman–Crippen LogP) is 5.28. The molecule has 7 heteroatoms. The lowest BCUT2D eigenvalue weighted by atomic mass is 10.0. The Morgan fingerprint density at radius 3 is 2.62 bits per heavy atom. The summed E-state index contributed by atoms with van der Waals surface area (Å²) < 4.78 is 19.7. The minimum Gasteiger partial charge on any atom is -0.478 e. The van der Waals surface area contributed by atoms with Crippen LogP contribution < -0.4 is 4.90 Å². The highest BCUT2D eigenvalue weighted by Gasteiger charge is 2.24. The Morgan fingerprint density at radius 2 is 1.94 bits per heavy atom. The van der Waals surface area contributed by atoms with Crippen molar-refractivity contribution in [1.29, 1.82) is 5.26 Å². The van der Waals surface area contributed by atoms with Crippen LogP contribution in [0.5, 0.6) is 0 Å². The van der Waals surface area contributed by atoms with E-state index in [1.165, 1.54) is 12.1 Å². The Morgan fingerprint density at radius 1 is 1.16 bits per heavy atom. The van der Waals surface area contributed by atoms with E-state index in [2.05, 4.69) is 11.1 Å². The normalized spacial score (nSPS) is 15.8. The van der Waals surface area contributed by atoms with Crippen molar-refractivity contribution >= 4 is 22.8 Å². The van der Waals surface area contributed by atoms with Crippen LogP contribution in [0.3, 0.4) is 0 Å². The predicted molar refractivity (Wildman–Crippen MR) is 118 cm³/mol. The maximum Gasteiger partial charge on any atom is 0.335 e. The van der Waals surface area contributed by atoms with E-state index in [-0.39, 0.29) is 5.56 Å². The van der Waals surface area contributed by atoms with Gasteiger partial charge in [-0.3, -0.25) is 4.98 Å². The molecule has 1 fully saturated rings. The topological polar surface area (TPSA) is 90.4 Å². The molecule has 2 aromatic heterocycles. The van der Waals surface area contributed by atoms with Gasteiger partial charge >= 0.3 is 5.97 Å². The number of rotatable bonds is 4. The molecule has 32 heavy (non-hydrogen) atoms. The highest BCUT2D eigenvalue weighted by Crippen LogP contribution is 2.36. The fourth-order valence-electron chi connectivity index (χ4n) is 4.09. The van der Waals surface area contributed by atoms with E-state index in [0.29, 0.717) is 41.9 Å². The number of alkyl halides is 1. The molecule has 158 valence electrons. The van der Waals surface area contributed by atoms with Crippen molar-refractivity contribution in [2.45, 2.75) is 12.6 Å². The molecule has 0 saturated carbocycles. The summed E-state index contributed by atoms with van der Waals surface area (Å²) in [6.45, 7) is 0.895. The summed E-state index contributed by atoms with van der Waals surface area (Å²) in [4.78, 5) is 17.4. The molecule has 2 aromatic carbocycles. The van der Waals surface area contributed by atoms with Gasteiger partial charge in [0.25, 0.3) is 0 Å². The van der Waals surface area contributed by atoms with Gasteiger partial charge in [0.15, 0.2) is 5.58 Å². The van der Waals surface area contributed by atoms with Gasteiger partial charge in [-0.2, -0.15) is 5.26 Å². The van der Waals surface area contributed by atoms with E-state index in [0.717, 1.165) is 22.4 Å². The average molecular weight is 427 g/mol. The minimum atomic E-state index is -0.988. The molecule has 0 aliphatic carbocycles. The number of hydrogen-bond donors (Lipinski definition) is 1. The van der Waals surface area contributed by atoms with Crippen molar-refractivity contribution in [3.63, 3.8) is 0 Å². The average Bonchev–Trinajstić information content (AvgIpc) is 3.45. The highest BCUT2D eigenvalue weighted by molar-refractivity contribution is 5.93. The molecular formula is C25H18FN3O3. The summed E-state index contributed by atoms with van der Waals surface area (Å²) in [5.41, 5.74) is 4.98. The van der Waals surface area contributed by atoms with Gasteiger partial charge in [-0.1, -0.05) is 18.2 Å². The lowest BCUT2D eigenvalue weighted by Gasteiger charge is -2.19. The fraction of sp³-hybridized carbons (Fsp3) is 0.160. The van der Waals surface area contributed by atoms with E-state index in [1.54, 1.807) is 30.5 Å². The molecule has 1 N–H and O–H groups in total. The number of furan rings is 1. The van der Waals surface area contributed by atoms with Crippen molar-refractivity contribution in [2.75, 3.05) is 18.0 Å².